The van der Waals surface area contributed by atoms with Crippen LogP contribution in [0.15, 0.2) is 48.5 Å². The molecule has 1 nitrogen and oxygen atoms in total. The lowest BCUT2D eigenvalue weighted by molar-refractivity contribution is 0.259. The first-order valence-corrected chi connectivity index (χ1v) is 14.1. The van der Waals surface area contributed by atoms with Gasteiger partial charge in [-0.2, -0.15) is 0 Å². The van der Waals surface area contributed by atoms with Gasteiger partial charge in [-0.15, -0.1) is 0 Å². The minimum Gasteiger partial charge on any atom is -0.311 e. The average molecular weight is 501 g/mol. The molecule has 2 aromatic carbocycles. The van der Waals surface area contributed by atoms with Gasteiger partial charge in [0.2, 0.25) is 0 Å². The van der Waals surface area contributed by atoms with Gasteiger partial charge in [-0.3, -0.25) is 0 Å². The van der Waals surface area contributed by atoms with E-state index in [4.69, 9.17) is 0 Å². The Balaban J connectivity index is 1.31. The van der Waals surface area contributed by atoms with Crippen molar-refractivity contribution in [3.05, 3.63) is 57.7 Å². The summed E-state index contributed by atoms with van der Waals surface area (Å²) < 4.78 is 3.96. The van der Waals surface area contributed by atoms with Gasteiger partial charge in [-0.25, -0.2) is 0 Å². The highest BCUT2D eigenvalue weighted by atomic mass is 127. The van der Waals surface area contributed by atoms with Crippen molar-refractivity contribution in [2.24, 2.45) is 11.8 Å². The molecule has 1 unspecified atom stereocenters. The monoisotopic (exact) mass is 501 g/mol. The van der Waals surface area contributed by atoms with Crippen LogP contribution in [0, 0.1) is 15.4 Å². The van der Waals surface area contributed by atoms with E-state index in [2.05, 4.69) is 64.5 Å². The average Bonchev–Trinajstić information content (AvgIpc) is 3.00. The summed E-state index contributed by atoms with van der Waals surface area (Å²) in [6, 6.07) is 18.2. The Kier molecular flexibility index (Phi) is 7.81. The Morgan fingerprint density at radius 1 is 0.931 bits per heavy atom. The molecule has 0 aromatic heterocycles. The van der Waals surface area contributed by atoms with Gasteiger partial charge in [0.05, 0.1) is 5.69 Å². The lowest BCUT2D eigenvalue weighted by atomic mass is 9.80. The number of aryl methyl sites for hydroxylation is 1. The van der Waals surface area contributed by atoms with Crippen LogP contribution in [-0.2, 0) is 6.42 Å². The van der Waals surface area contributed by atoms with E-state index in [1.54, 1.807) is 0 Å². The number of anilines is 2. The molecule has 0 saturated heterocycles. The molecule has 0 spiro atoms. The maximum Gasteiger partial charge on any atom is 0.0590 e. The van der Waals surface area contributed by atoms with Gasteiger partial charge in [0, 0.05) is 13.4 Å². The summed E-state index contributed by atoms with van der Waals surface area (Å²) in [6.07, 6.45) is 15.7. The van der Waals surface area contributed by atoms with Crippen molar-refractivity contribution in [3.63, 3.8) is 0 Å². The minimum atomic E-state index is 0.0193. The summed E-state index contributed by atoms with van der Waals surface area (Å²) in [7, 11) is 0. The third kappa shape index (κ3) is 5.51. The molecule has 0 N–H and O–H groups in total. The zero-order chi connectivity index (χ0) is 19.9. The van der Waals surface area contributed by atoms with E-state index in [1.165, 1.54) is 91.1 Å². The van der Waals surface area contributed by atoms with Crippen LogP contribution < -0.4 is 4.90 Å². The number of hydrogen-bond donors (Lipinski definition) is 0. The van der Waals surface area contributed by atoms with Crippen molar-refractivity contribution in [2.75, 3.05) is 4.90 Å². The number of hydrogen-bond acceptors (Lipinski definition) is 1. The second-order valence-corrected chi connectivity index (χ2v) is 11.2. The number of benzene rings is 2. The fourth-order valence-electron chi connectivity index (χ4n) is 5.25. The van der Waals surface area contributed by atoms with Crippen molar-refractivity contribution >= 4 is 36.2 Å². The van der Waals surface area contributed by atoms with Crippen LogP contribution in [0.3, 0.4) is 0 Å². The van der Waals surface area contributed by atoms with Gasteiger partial charge in [0.25, 0.3) is 0 Å². The Morgan fingerprint density at radius 3 is 2.45 bits per heavy atom. The summed E-state index contributed by atoms with van der Waals surface area (Å²) in [5.74, 6) is 1.98. The number of para-hydroxylation sites is 1. The highest BCUT2D eigenvalue weighted by Gasteiger charge is 2.21. The first-order chi connectivity index (χ1) is 14.3. The SMILES string of the molecule is CCCC(CCCc1ccc(N2C=Ic3ccccc32)cc1)C1CCCCCC1. The van der Waals surface area contributed by atoms with E-state index in [9.17, 15) is 0 Å². The normalized spacial score (nSPS) is 18.2. The van der Waals surface area contributed by atoms with Gasteiger partial charge in [-0.05, 0) is 60.9 Å². The third-order valence-corrected chi connectivity index (χ3v) is 9.28. The fourth-order valence-corrected chi connectivity index (χ4v) is 7.62. The number of fused-ring (bicyclic) bond motifs is 1. The second kappa shape index (κ2) is 10.7. The molecule has 1 saturated carbocycles. The molecule has 0 bridgehead atoms. The number of halogens is 1. The lowest BCUT2D eigenvalue weighted by Gasteiger charge is -2.26. The standard InChI is InChI=1S/C27H36IN/c1-2-10-23(24-12-5-3-4-6-13-24)14-9-11-22-17-19-25(20-18-22)29-21-28-26-15-7-8-16-27(26)29/h7-8,15-21,23-24H,2-6,9-14H2,1H3. The highest BCUT2D eigenvalue weighted by Crippen LogP contribution is 2.37. The molecule has 1 heterocycles. The van der Waals surface area contributed by atoms with Crippen molar-refractivity contribution in [1.82, 2.24) is 0 Å². The summed E-state index contributed by atoms with van der Waals surface area (Å²) in [5.41, 5.74) is 4.21. The van der Waals surface area contributed by atoms with E-state index >= 15 is 0 Å². The predicted octanol–water partition coefficient (Wildman–Crippen LogP) is 8.45. The predicted molar refractivity (Wildman–Crippen MR) is 136 cm³/mol. The van der Waals surface area contributed by atoms with Crippen molar-refractivity contribution in [1.29, 1.82) is 0 Å². The molecular weight excluding hydrogens is 465 g/mol. The van der Waals surface area contributed by atoms with E-state index < -0.39 is 0 Å². The summed E-state index contributed by atoms with van der Waals surface area (Å²) in [5, 5.41) is 0. The van der Waals surface area contributed by atoms with Crippen LogP contribution in [0.4, 0.5) is 11.4 Å². The Morgan fingerprint density at radius 2 is 1.69 bits per heavy atom. The Hall–Kier alpha value is -1.16. The van der Waals surface area contributed by atoms with Gasteiger partial charge in [-0.1, -0.05) is 103 Å². The van der Waals surface area contributed by atoms with E-state index in [-0.39, 0.29) is 20.7 Å². The molecule has 1 aliphatic carbocycles. The highest BCUT2D eigenvalue weighted by molar-refractivity contribution is 14.2. The summed E-state index contributed by atoms with van der Waals surface area (Å²) in [4.78, 5) is 2.40. The van der Waals surface area contributed by atoms with Crippen molar-refractivity contribution in [2.45, 2.75) is 77.6 Å². The van der Waals surface area contributed by atoms with E-state index in [1.807, 2.05) is 0 Å². The first-order valence-electron chi connectivity index (χ1n) is 11.8. The van der Waals surface area contributed by atoms with Gasteiger partial charge in [0.15, 0.2) is 0 Å². The Bertz CT molecular complexity index is 786. The summed E-state index contributed by atoms with van der Waals surface area (Å²) in [6.45, 7) is 2.37. The molecule has 156 valence electrons. The van der Waals surface area contributed by atoms with Gasteiger partial charge < -0.3 is 4.90 Å². The molecule has 2 heteroatoms. The van der Waals surface area contributed by atoms with Crippen molar-refractivity contribution in [3.8, 4) is 0 Å². The topological polar surface area (TPSA) is 3.24 Å². The van der Waals surface area contributed by atoms with Crippen LogP contribution in [0.2, 0.25) is 0 Å². The lowest BCUT2D eigenvalue weighted by Crippen LogP contribution is -2.15. The zero-order valence-corrected chi connectivity index (χ0v) is 20.1. The number of nitrogens with zero attached hydrogens (tertiary/aromatic N) is 1. The molecule has 2 aliphatic rings. The van der Waals surface area contributed by atoms with Gasteiger partial charge in [0.1, 0.15) is 0 Å². The molecule has 1 atom stereocenters. The molecular formula is C27H36IN. The minimum absolute atomic E-state index is 0.0193. The first kappa shape index (κ1) is 21.1. The van der Waals surface area contributed by atoms with Crippen LogP contribution in [0.1, 0.15) is 76.7 Å². The maximum absolute atomic E-state index is 2.42. The molecule has 4 rings (SSSR count). The molecule has 0 radical (unpaired) electrons. The molecule has 2 aromatic rings. The van der Waals surface area contributed by atoms with Crippen LogP contribution in [-0.4, -0.2) is 4.14 Å². The van der Waals surface area contributed by atoms with E-state index in [0.717, 1.165) is 11.8 Å². The van der Waals surface area contributed by atoms with Gasteiger partial charge >= 0.3 is 0 Å². The van der Waals surface area contributed by atoms with E-state index in [0.29, 0.717) is 0 Å². The maximum atomic E-state index is 2.42. The van der Waals surface area contributed by atoms with Crippen LogP contribution >= 0.6 is 20.7 Å². The number of rotatable bonds is 8. The molecule has 29 heavy (non-hydrogen) atoms. The molecule has 1 fully saturated rings. The molecule has 1 aliphatic heterocycles. The summed E-state index contributed by atoms with van der Waals surface area (Å²) >= 11 is 0.0193. The third-order valence-electron chi connectivity index (χ3n) is 6.86. The second-order valence-electron chi connectivity index (χ2n) is 8.89. The molecule has 0 amide bonds. The van der Waals surface area contributed by atoms with Crippen LogP contribution in [0.5, 0.6) is 0 Å². The smallest absolute Gasteiger partial charge is 0.0590 e. The quantitative estimate of drug-likeness (QED) is 0.259. The fraction of sp³-hybridized carbons (Fsp3) is 0.519. The largest absolute Gasteiger partial charge is 0.311 e. The van der Waals surface area contributed by atoms with Crippen LogP contribution in [0.25, 0.3) is 0 Å². The Labute approximate surface area is 187 Å². The van der Waals surface area contributed by atoms with Crippen molar-refractivity contribution < 1.29 is 0 Å². The zero-order valence-electron chi connectivity index (χ0n) is 18.0.